The smallest absolute Gasteiger partial charge is 0.337 e. The molecular formula is C8H8N4O2S. The number of hydrazine groups is 2. The van der Waals surface area contributed by atoms with Crippen molar-refractivity contribution in [3.8, 4) is 0 Å². The van der Waals surface area contributed by atoms with Crippen LogP contribution in [0.2, 0.25) is 0 Å². The van der Waals surface area contributed by atoms with E-state index >= 15 is 0 Å². The molecule has 0 aromatic heterocycles. The first-order chi connectivity index (χ1) is 7.20. The summed E-state index contributed by atoms with van der Waals surface area (Å²) in [4.78, 5) is 11.0. The standard InChI is InChI=1S/C8H8N4O2S/c13-8(14)6-3-1-2-4-7(6)11-5-9-10-12(11)15/h1-5,10,15H,(H,13,14). The van der Waals surface area contributed by atoms with Crippen LogP contribution in [-0.4, -0.2) is 21.9 Å². The maximum atomic E-state index is 11.0. The number of hydrazone groups is 1. The summed E-state index contributed by atoms with van der Waals surface area (Å²) in [5.41, 5.74) is 3.22. The van der Waals surface area contributed by atoms with Crippen LogP contribution in [0.4, 0.5) is 5.69 Å². The third kappa shape index (κ3) is 1.74. The summed E-state index contributed by atoms with van der Waals surface area (Å²) in [6.07, 6.45) is 1.44. The molecule has 0 spiro atoms. The van der Waals surface area contributed by atoms with Crippen molar-refractivity contribution in [2.45, 2.75) is 0 Å². The monoisotopic (exact) mass is 224 g/mol. The molecule has 2 rings (SSSR count). The number of carboxylic acid groups (broad SMARTS) is 1. The lowest BCUT2D eigenvalue weighted by Gasteiger charge is -2.22. The van der Waals surface area contributed by atoms with Crippen molar-refractivity contribution >= 4 is 30.8 Å². The molecule has 7 heteroatoms. The van der Waals surface area contributed by atoms with E-state index < -0.39 is 5.97 Å². The number of nitrogens with one attached hydrogen (secondary N) is 1. The Morgan fingerprint density at radius 1 is 1.47 bits per heavy atom. The van der Waals surface area contributed by atoms with Crippen molar-refractivity contribution in [2.75, 3.05) is 5.01 Å². The Hall–Kier alpha value is -1.73. The van der Waals surface area contributed by atoms with Crippen LogP contribution in [0, 0.1) is 0 Å². The number of carbonyl (C=O) groups is 1. The fourth-order valence-corrected chi connectivity index (χ4v) is 1.44. The Kier molecular flexibility index (Phi) is 2.48. The molecule has 15 heavy (non-hydrogen) atoms. The van der Waals surface area contributed by atoms with Gasteiger partial charge in [-0.25, -0.2) is 15.3 Å². The maximum absolute atomic E-state index is 11.0. The van der Waals surface area contributed by atoms with Crippen molar-refractivity contribution in [3.63, 3.8) is 0 Å². The van der Waals surface area contributed by atoms with Gasteiger partial charge < -0.3 is 5.11 Å². The fraction of sp³-hybridized carbons (Fsp3) is 0. The molecule has 0 fully saturated rings. The van der Waals surface area contributed by atoms with Crippen molar-refractivity contribution in [2.24, 2.45) is 5.10 Å². The molecule has 1 aromatic carbocycles. The van der Waals surface area contributed by atoms with Crippen LogP contribution >= 0.6 is 12.8 Å². The Balaban J connectivity index is 2.43. The lowest BCUT2D eigenvalue weighted by molar-refractivity contribution is 0.0697. The number of rotatable bonds is 2. The molecular weight excluding hydrogens is 216 g/mol. The first-order valence-electron chi connectivity index (χ1n) is 4.09. The average Bonchev–Trinajstić information content (AvgIpc) is 2.64. The predicted octanol–water partition coefficient (Wildman–Crippen LogP) is 0.714. The average molecular weight is 224 g/mol. The molecule has 0 saturated heterocycles. The number of benzene rings is 1. The summed E-state index contributed by atoms with van der Waals surface area (Å²) in [6, 6.07) is 6.60. The quantitative estimate of drug-likeness (QED) is 0.646. The van der Waals surface area contributed by atoms with Crippen LogP contribution in [0.25, 0.3) is 0 Å². The molecule has 1 aliphatic rings. The van der Waals surface area contributed by atoms with E-state index in [1.807, 2.05) is 0 Å². The van der Waals surface area contributed by atoms with E-state index in [4.69, 9.17) is 5.11 Å². The second-order valence-electron chi connectivity index (χ2n) is 2.80. The Morgan fingerprint density at radius 2 is 2.20 bits per heavy atom. The number of hydrogen-bond acceptors (Lipinski definition) is 6. The molecule has 0 bridgehead atoms. The molecule has 1 aromatic rings. The number of aromatic carboxylic acids is 1. The molecule has 1 heterocycles. The van der Waals surface area contributed by atoms with Gasteiger partial charge in [0, 0.05) is 0 Å². The second kappa shape index (κ2) is 3.79. The summed E-state index contributed by atoms with van der Waals surface area (Å²) in [5, 5.41) is 14.2. The van der Waals surface area contributed by atoms with Gasteiger partial charge >= 0.3 is 5.97 Å². The van der Waals surface area contributed by atoms with Crippen LogP contribution < -0.4 is 10.5 Å². The summed E-state index contributed by atoms with van der Waals surface area (Å²) in [6.45, 7) is 0. The zero-order chi connectivity index (χ0) is 10.8. The Bertz CT molecular complexity index is 423. The van der Waals surface area contributed by atoms with Gasteiger partial charge in [-0.05, 0) is 24.9 Å². The van der Waals surface area contributed by atoms with Crippen LogP contribution in [-0.2, 0) is 0 Å². The minimum absolute atomic E-state index is 0.187. The van der Waals surface area contributed by atoms with Gasteiger partial charge in [0.25, 0.3) is 0 Å². The topological polar surface area (TPSA) is 68.2 Å². The highest BCUT2D eigenvalue weighted by Gasteiger charge is 2.20. The van der Waals surface area contributed by atoms with Crippen LogP contribution in [0.1, 0.15) is 10.4 Å². The van der Waals surface area contributed by atoms with E-state index in [0.717, 1.165) is 0 Å². The van der Waals surface area contributed by atoms with E-state index in [9.17, 15) is 4.79 Å². The minimum Gasteiger partial charge on any atom is -0.478 e. The summed E-state index contributed by atoms with van der Waals surface area (Å²) >= 11 is 4.04. The maximum Gasteiger partial charge on any atom is 0.337 e. The van der Waals surface area contributed by atoms with Crippen LogP contribution in [0.5, 0.6) is 0 Å². The van der Waals surface area contributed by atoms with Gasteiger partial charge in [-0.15, -0.1) is 0 Å². The van der Waals surface area contributed by atoms with Gasteiger partial charge in [0.2, 0.25) is 0 Å². The molecule has 78 valence electrons. The van der Waals surface area contributed by atoms with Gasteiger partial charge in [-0.1, -0.05) is 16.7 Å². The minimum atomic E-state index is -0.993. The number of para-hydroxylation sites is 1. The molecule has 0 aliphatic carbocycles. The van der Waals surface area contributed by atoms with Crippen molar-refractivity contribution in [1.82, 2.24) is 10.1 Å². The van der Waals surface area contributed by atoms with Crippen LogP contribution in [0.3, 0.4) is 0 Å². The van der Waals surface area contributed by atoms with Gasteiger partial charge in [-0.3, -0.25) is 0 Å². The van der Waals surface area contributed by atoms with Crippen molar-refractivity contribution in [1.29, 1.82) is 0 Å². The number of hydrogen-bond donors (Lipinski definition) is 3. The summed E-state index contributed by atoms with van der Waals surface area (Å²) < 4.78 is 1.28. The number of anilines is 1. The van der Waals surface area contributed by atoms with Gasteiger partial charge in [-0.2, -0.15) is 5.10 Å². The first kappa shape index (κ1) is 9.81. The SMILES string of the molecule is O=C(O)c1ccccc1N1C=NNN1S. The molecule has 1 aliphatic heterocycles. The zero-order valence-corrected chi connectivity index (χ0v) is 8.43. The van der Waals surface area contributed by atoms with Gasteiger partial charge in [0.1, 0.15) is 6.34 Å². The first-order valence-corrected chi connectivity index (χ1v) is 4.49. The third-order valence-electron chi connectivity index (χ3n) is 1.90. The third-order valence-corrected chi connectivity index (χ3v) is 2.18. The normalized spacial score (nSPS) is 15.4. The fourth-order valence-electron chi connectivity index (χ4n) is 1.25. The molecule has 0 unspecified atom stereocenters. The highest BCUT2D eigenvalue weighted by atomic mass is 32.1. The summed E-state index contributed by atoms with van der Waals surface area (Å²) in [5.74, 6) is -0.993. The van der Waals surface area contributed by atoms with E-state index in [-0.39, 0.29) is 5.56 Å². The van der Waals surface area contributed by atoms with Crippen molar-refractivity contribution < 1.29 is 9.90 Å². The lowest BCUT2D eigenvalue weighted by atomic mass is 10.2. The van der Waals surface area contributed by atoms with Crippen molar-refractivity contribution in [3.05, 3.63) is 29.8 Å². The Labute approximate surface area is 91.3 Å². The van der Waals surface area contributed by atoms with Gasteiger partial charge in [0.05, 0.1) is 11.3 Å². The molecule has 0 atom stereocenters. The largest absolute Gasteiger partial charge is 0.478 e. The highest BCUT2D eigenvalue weighted by Crippen LogP contribution is 2.22. The van der Waals surface area contributed by atoms with Gasteiger partial charge in [0.15, 0.2) is 0 Å². The van der Waals surface area contributed by atoms with E-state index in [0.29, 0.717) is 5.69 Å². The zero-order valence-electron chi connectivity index (χ0n) is 7.53. The molecule has 6 nitrogen and oxygen atoms in total. The number of nitrogens with zero attached hydrogens (tertiary/aromatic N) is 3. The van der Waals surface area contributed by atoms with Crippen LogP contribution in [0.15, 0.2) is 29.4 Å². The van der Waals surface area contributed by atoms with E-state index in [2.05, 4.69) is 23.5 Å². The predicted molar refractivity (Wildman–Crippen MR) is 58.3 cm³/mol. The number of carboxylic acids is 1. The summed E-state index contributed by atoms with van der Waals surface area (Å²) in [7, 11) is 0. The van der Waals surface area contributed by atoms with E-state index in [1.165, 1.54) is 21.9 Å². The lowest BCUT2D eigenvalue weighted by Crippen LogP contribution is -2.36. The highest BCUT2D eigenvalue weighted by molar-refractivity contribution is 7.77. The molecule has 2 N–H and O–H groups in total. The van der Waals surface area contributed by atoms with E-state index in [1.54, 1.807) is 18.2 Å². The molecule has 0 saturated carbocycles. The number of thiol groups is 1. The molecule has 0 radical (unpaired) electrons. The molecule has 0 amide bonds. The second-order valence-corrected chi connectivity index (χ2v) is 3.18. The Morgan fingerprint density at radius 3 is 2.80 bits per heavy atom.